The predicted molar refractivity (Wildman–Crippen MR) is 62.4 cm³/mol. The van der Waals surface area contributed by atoms with Gasteiger partial charge in [-0.1, -0.05) is 0 Å². The van der Waals surface area contributed by atoms with E-state index in [1.165, 1.54) is 0 Å². The molecule has 16 heavy (non-hydrogen) atoms. The Bertz CT molecular complexity index is 320. The second-order valence-electron chi connectivity index (χ2n) is 3.29. The number of nitrogens with two attached hydrogens (primary N) is 1. The van der Waals surface area contributed by atoms with Gasteiger partial charge >= 0.3 is 0 Å². The molecule has 6 heteroatoms. The summed E-state index contributed by atoms with van der Waals surface area (Å²) >= 11 is 0. The van der Waals surface area contributed by atoms with Crippen LogP contribution in [0.3, 0.4) is 0 Å². The van der Waals surface area contributed by atoms with Gasteiger partial charge in [-0.3, -0.25) is 0 Å². The zero-order chi connectivity index (χ0) is 11.8. The molecule has 0 aliphatic heterocycles. The summed E-state index contributed by atoms with van der Waals surface area (Å²) in [4.78, 5) is 7.97. The second-order valence-corrected chi connectivity index (χ2v) is 3.29. The lowest BCUT2D eigenvalue weighted by Crippen LogP contribution is -2.14. The number of anilines is 2. The van der Waals surface area contributed by atoms with E-state index in [9.17, 15) is 0 Å². The zero-order valence-electron chi connectivity index (χ0n) is 9.69. The van der Waals surface area contributed by atoms with Crippen molar-refractivity contribution in [3.8, 4) is 0 Å². The van der Waals surface area contributed by atoms with Crippen LogP contribution in [0.2, 0.25) is 0 Å². The molecule has 0 bridgehead atoms. The number of hydrogen-bond acceptors (Lipinski definition) is 6. The van der Waals surface area contributed by atoms with Crippen LogP contribution in [0.4, 0.5) is 11.8 Å². The summed E-state index contributed by atoms with van der Waals surface area (Å²) in [6.45, 7) is 4.42. The molecule has 1 aromatic heterocycles. The molecule has 0 saturated carbocycles. The Morgan fingerprint density at radius 1 is 1.38 bits per heavy atom. The molecule has 6 nitrogen and oxygen atoms in total. The highest BCUT2D eigenvalue weighted by atomic mass is 16.5. The Hall–Kier alpha value is -1.40. The Morgan fingerprint density at radius 2 is 2.19 bits per heavy atom. The first-order chi connectivity index (χ1) is 7.74. The highest BCUT2D eigenvalue weighted by molar-refractivity contribution is 5.44. The van der Waals surface area contributed by atoms with E-state index in [1.807, 2.05) is 6.92 Å². The van der Waals surface area contributed by atoms with Crippen LogP contribution in [0, 0.1) is 6.92 Å². The van der Waals surface area contributed by atoms with Crippen LogP contribution in [0.15, 0.2) is 6.20 Å². The molecule has 0 atom stereocenters. The minimum absolute atomic E-state index is 0.272. The molecule has 0 spiro atoms. The van der Waals surface area contributed by atoms with Gasteiger partial charge in [-0.05, 0) is 6.92 Å². The fourth-order valence-corrected chi connectivity index (χ4v) is 1.12. The number of rotatable bonds is 7. The topological polar surface area (TPSA) is 82.3 Å². The normalized spacial score (nSPS) is 10.4. The standard InChI is InChI=1S/C10H18N4O2/c1-8-7-13-10(11)14-9(8)12-3-4-16-6-5-15-2/h7H,3-6H2,1-2H3,(H3,11,12,13,14). The third-order valence-corrected chi connectivity index (χ3v) is 1.96. The number of ether oxygens (including phenoxy) is 2. The smallest absolute Gasteiger partial charge is 0.221 e. The third kappa shape index (κ3) is 4.41. The van der Waals surface area contributed by atoms with Crippen LogP contribution >= 0.6 is 0 Å². The molecule has 0 aliphatic carbocycles. The van der Waals surface area contributed by atoms with Gasteiger partial charge in [0.05, 0.1) is 19.8 Å². The molecule has 0 aliphatic rings. The van der Waals surface area contributed by atoms with Gasteiger partial charge in [0.25, 0.3) is 0 Å². The van der Waals surface area contributed by atoms with E-state index in [1.54, 1.807) is 13.3 Å². The molecule has 0 unspecified atom stereocenters. The first-order valence-corrected chi connectivity index (χ1v) is 5.13. The molecule has 0 fully saturated rings. The Morgan fingerprint density at radius 3 is 2.94 bits per heavy atom. The number of aromatic nitrogens is 2. The monoisotopic (exact) mass is 226 g/mol. The van der Waals surface area contributed by atoms with Crippen molar-refractivity contribution in [2.75, 3.05) is 44.5 Å². The quantitative estimate of drug-likeness (QED) is 0.657. The van der Waals surface area contributed by atoms with Gasteiger partial charge in [-0.15, -0.1) is 0 Å². The minimum atomic E-state index is 0.272. The molecule has 0 aromatic carbocycles. The number of nitrogens with zero attached hydrogens (tertiary/aromatic N) is 2. The average Bonchev–Trinajstić information content (AvgIpc) is 2.28. The van der Waals surface area contributed by atoms with Gasteiger partial charge in [-0.25, -0.2) is 4.98 Å². The fraction of sp³-hybridized carbons (Fsp3) is 0.600. The minimum Gasteiger partial charge on any atom is -0.382 e. The van der Waals surface area contributed by atoms with Gasteiger partial charge in [0, 0.05) is 25.4 Å². The molecular formula is C10H18N4O2. The van der Waals surface area contributed by atoms with Gasteiger partial charge in [0.2, 0.25) is 5.95 Å². The number of hydrogen-bond donors (Lipinski definition) is 2. The van der Waals surface area contributed by atoms with Crippen molar-refractivity contribution < 1.29 is 9.47 Å². The van der Waals surface area contributed by atoms with Crippen LogP contribution in [0.25, 0.3) is 0 Å². The Balaban J connectivity index is 2.23. The van der Waals surface area contributed by atoms with Gasteiger partial charge < -0.3 is 20.5 Å². The summed E-state index contributed by atoms with van der Waals surface area (Å²) in [6.07, 6.45) is 1.69. The van der Waals surface area contributed by atoms with E-state index in [0.717, 1.165) is 11.4 Å². The summed E-state index contributed by atoms with van der Waals surface area (Å²) in [6, 6.07) is 0. The van der Waals surface area contributed by atoms with Crippen LogP contribution in [-0.4, -0.2) is 43.4 Å². The van der Waals surface area contributed by atoms with Crippen molar-refractivity contribution in [2.24, 2.45) is 0 Å². The largest absolute Gasteiger partial charge is 0.382 e. The second kappa shape index (κ2) is 6.97. The average molecular weight is 226 g/mol. The number of aryl methyl sites for hydroxylation is 1. The molecule has 0 radical (unpaired) electrons. The maximum absolute atomic E-state index is 5.49. The van der Waals surface area contributed by atoms with E-state index in [0.29, 0.717) is 26.4 Å². The van der Waals surface area contributed by atoms with E-state index >= 15 is 0 Å². The SMILES string of the molecule is COCCOCCNc1nc(N)ncc1C. The number of nitrogens with one attached hydrogen (secondary N) is 1. The van der Waals surface area contributed by atoms with Crippen LogP contribution in [0.5, 0.6) is 0 Å². The predicted octanol–water partition coefficient (Wildman–Crippen LogP) is 0.442. The highest BCUT2D eigenvalue weighted by Crippen LogP contribution is 2.09. The summed E-state index contributed by atoms with van der Waals surface area (Å²) in [7, 11) is 1.65. The molecule has 90 valence electrons. The van der Waals surface area contributed by atoms with Gasteiger partial charge in [0.15, 0.2) is 0 Å². The van der Waals surface area contributed by atoms with Crippen LogP contribution < -0.4 is 11.1 Å². The van der Waals surface area contributed by atoms with Crippen molar-refractivity contribution in [3.05, 3.63) is 11.8 Å². The Kier molecular flexibility index (Phi) is 5.52. The molecule has 1 rings (SSSR count). The Labute approximate surface area is 95.2 Å². The fourth-order valence-electron chi connectivity index (χ4n) is 1.12. The number of nitrogen functional groups attached to an aromatic ring is 1. The molecular weight excluding hydrogens is 208 g/mol. The van der Waals surface area contributed by atoms with Crippen molar-refractivity contribution in [3.63, 3.8) is 0 Å². The number of methoxy groups -OCH3 is 1. The summed E-state index contributed by atoms with van der Waals surface area (Å²) in [5, 5.41) is 3.13. The van der Waals surface area contributed by atoms with Crippen LogP contribution in [0.1, 0.15) is 5.56 Å². The maximum atomic E-state index is 5.49. The van der Waals surface area contributed by atoms with E-state index in [4.69, 9.17) is 15.2 Å². The molecule has 0 amide bonds. The third-order valence-electron chi connectivity index (χ3n) is 1.96. The molecule has 0 saturated heterocycles. The summed E-state index contributed by atoms with van der Waals surface area (Å²) in [5.41, 5.74) is 6.45. The van der Waals surface area contributed by atoms with E-state index in [-0.39, 0.29) is 5.95 Å². The van der Waals surface area contributed by atoms with E-state index in [2.05, 4.69) is 15.3 Å². The maximum Gasteiger partial charge on any atom is 0.221 e. The van der Waals surface area contributed by atoms with Crippen molar-refractivity contribution in [2.45, 2.75) is 6.92 Å². The van der Waals surface area contributed by atoms with Crippen molar-refractivity contribution >= 4 is 11.8 Å². The lowest BCUT2D eigenvalue weighted by Gasteiger charge is -2.08. The summed E-state index contributed by atoms with van der Waals surface area (Å²) < 4.78 is 10.2. The van der Waals surface area contributed by atoms with Crippen molar-refractivity contribution in [1.82, 2.24) is 9.97 Å². The molecule has 3 N–H and O–H groups in total. The highest BCUT2D eigenvalue weighted by Gasteiger charge is 2.00. The van der Waals surface area contributed by atoms with Crippen LogP contribution in [-0.2, 0) is 9.47 Å². The van der Waals surface area contributed by atoms with Gasteiger partial charge in [-0.2, -0.15) is 4.98 Å². The first kappa shape index (κ1) is 12.7. The van der Waals surface area contributed by atoms with Crippen molar-refractivity contribution in [1.29, 1.82) is 0 Å². The lowest BCUT2D eigenvalue weighted by molar-refractivity contribution is 0.0759. The zero-order valence-corrected chi connectivity index (χ0v) is 9.69. The molecule has 1 aromatic rings. The lowest BCUT2D eigenvalue weighted by atomic mass is 10.3. The van der Waals surface area contributed by atoms with Gasteiger partial charge in [0.1, 0.15) is 5.82 Å². The van der Waals surface area contributed by atoms with E-state index < -0.39 is 0 Å². The first-order valence-electron chi connectivity index (χ1n) is 5.13. The molecule has 1 heterocycles. The summed E-state index contributed by atoms with van der Waals surface area (Å²) in [5.74, 6) is 1.02.